The van der Waals surface area contributed by atoms with Gasteiger partial charge in [0.15, 0.2) is 0 Å². The van der Waals surface area contributed by atoms with Gasteiger partial charge in [-0.15, -0.1) is 0 Å². The molecule has 0 aliphatic heterocycles. The minimum atomic E-state index is -3.48. The van der Waals surface area contributed by atoms with Crippen LogP contribution in [0.1, 0.15) is 20.3 Å². The molecule has 0 saturated carbocycles. The second kappa shape index (κ2) is 9.14. The van der Waals surface area contributed by atoms with Gasteiger partial charge in [0.1, 0.15) is 4.90 Å². The quantitative estimate of drug-likeness (QED) is 0.603. The van der Waals surface area contributed by atoms with Gasteiger partial charge < -0.3 is 10.1 Å². The van der Waals surface area contributed by atoms with E-state index in [1.165, 1.54) is 10.5 Å². The third-order valence-electron chi connectivity index (χ3n) is 3.06. The molecular weight excluding hydrogens is 292 g/mol. The summed E-state index contributed by atoms with van der Waals surface area (Å²) in [6, 6.07) is 0. The maximum absolute atomic E-state index is 12.3. The van der Waals surface area contributed by atoms with Gasteiger partial charge in [0.05, 0.1) is 12.8 Å². The van der Waals surface area contributed by atoms with Gasteiger partial charge in [-0.25, -0.2) is 8.42 Å². The highest BCUT2D eigenvalue weighted by Crippen LogP contribution is 2.13. The van der Waals surface area contributed by atoms with E-state index in [1.54, 1.807) is 17.9 Å². The molecule has 1 heterocycles. The molecule has 1 N–H and O–H groups in total. The first kappa shape index (κ1) is 18.1. The zero-order valence-electron chi connectivity index (χ0n) is 13.1. The lowest BCUT2D eigenvalue weighted by molar-refractivity contribution is 0.138. The molecule has 7 nitrogen and oxygen atoms in total. The highest BCUT2D eigenvalue weighted by molar-refractivity contribution is 7.89. The maximum atomic E-state index is 12.3. The first-order valence-electron chi connectivity index (χ1n) is 7.29. The van der Waals surface area contributed by atoms with E-state index in [0.29, 0.717) is 26.3 Å². The van der Waals surface area contributed by atoms with Gasteiger partial charge in [-0.1, -0.05) is 6.92 Å². The third kappa shape index (κ3) is 5.74. The summed E-state index contributed by atoms with van der Waals surface area (Å²) in [7, 11) is -1.93. The first-order chi connectivity index (χ1) is 10.0. The summed E-state index contributed by atoms with van der Waals surface area (Å²) < 4.78 is 32.8. The summed E-state index contributed by atoms with van der Waals surface area (Å²) in [4.78, 5) is 0.227. The number of aryl methyl sites for hydroxylation is 1. The van der Waals surface area contributed by atoms with E-state index in [0.717, 1.165) is 19.5 Å². The lowest BCUT2D eigenvalue weighted by atomic mass is 10.4. The molecule has 1 rings (SSSR count). The van der Waals surface area contributed by atoms with Crippen LogP contribution in [0.5, 0.6) is 0 Å². The van der Waals surface area contributed by atoms with Crippen molar-refractivity contribution in [3.05, 3.63) is 12.4 Å². The van der Waals surface area contributed by atoms with Crippen molar-refractivity contribution in [3.8, 4) is 0 Å². The van der Waals surface area contributed by atoms with E-state index in [1.807, 2.05) is 6.92 Å². The average molecular weight is 318 g/mol. The van der Waals surface area contributed by atoms with Crippen molar-refractivity contribution in [2.45, 2.75) is 31.7 Å². The molecule has 0 unspecified atom stereocenters. The van der Waals surface area contributed by atoms with Crippen LogP contribution in [0.3, 0.4) is 0 Å². The van der Waals surface area contributed by atoms with Crippen LogP contribution in [0.2, 0.25) is 0 Å². The van der Waals surface area contributed by atoms with Crippen LogP contribution in [0.25, 0.3) is 0 Å². The number of aromatic nitrogens is 2. The third-order valence-corrected chi connectivity index (χ3v) is 4.87. The SMILES string of the molecule is CCNCCCn1cc(S(=O)(=O)N(C)CCOCC)cn1. The fourth-order valence-corrected chi connectivity index (χ4v) is 2.89. The maximum Gasteiger partial charge on any atom is 0.246 e. The van der Waals surface area contributed by atoms with Gasteiger partial charge in [-0.2, -0.15) is 9.40 Å². The largest absolute Gasteiger partial charge is 0.380 e. The predicted molar refractivity (Wildman–Crippen MR) is 81.7 cm³/mol. The van der Waals surface area contributed by atoms with Crippen molar-refractivity contribution in [2.75, 3.05) is 39.9 Å². The van der Waals surface area contributed by atoms with Crippen molar-refractivity contribution < 1.29 is 13.2 Å². The number of hydrogen-bond donors (Lipinski definition) is 1. The van der Waals surface area contributed by atoms with Crippen LogP contribution in [-0.2, 0) is 21.3 Å². The van der Waals surface area contributed by atoms with Crippen molar-refractivity contribution in [3.63, 3.8) is 0 Å². The molecule has 1 aromatic rings. The van der Waals surface area contributed by atoms with E-state index in [9.17, 15) is 8.42 Å². The topological polar surface area (TPSA) is 76.5 Å². The zero-order chi connectivity index (χ0) is 15.7. The standard InChI is InChI=1S/C13H26N4O3S/c1-4-14-7-6-8-17-12-13(11-15-17)21(18,19)16(3)9-10-20-5-2/h11-12,14H,4-10H2,1-3H3. The summed E-state index contributed by atoms with van der Waals surface area (Å²) in [5, 5.41) is 7.33. The molecule has 21 heavy (non-hydrogen) atoms. The summed E-state index contributed by atoms with van der Waals surface area (Å²) in [6.45, 7) is 7.77. The number of sulfonamides is 1. The van der Waals surface area contributed by atoms with Gasteiger partial charge in [0.2, 0.25) is 10.0 Å². The van der Waals surface area contributed by atoms with E-state index < -0.39 is 10.0 Å². The Balaban J connectivity index is 2.56. The van der Waals surface area contributed by atoms with E-state index in [2.05, 4.69) is 17.3 Å². The molecule has 0 aliphatic carbocycles. The van der Waals surface area contributed by atoms with Gasteiger partial charge >= 0.3 is 0 Å². The molecule has 0 aliphatic rings. The highest BCUT2D eigenvalue weighted by atomic mass is 32.2. The van der Waals surface area contributed by atoms with E-state index in [-0.39, 0.29) is 4.90 Å². The van der Waals surface area contributed by atoms with E-state index in [4.69, 9.17) is 4.74 Å². The number of ether oxygens (including phenoxy) is 1. The van der Waals surface area contributed by atoms with Crippen molar-refractivity contribution >= 4 is 10.0 Å². The summed E-state index contributed by atoms with van der Waals surface area (Å²) in [6.07, 6.45) is 3.90. The van der Waals surface area contributed by atoms with E-state index >= 15 is 0 Å². The number of nitrogens with zero attached hydrogens (tertiary/aromatic N) is 3. The van der Waals surface area contributed by atoms with Crippen LogP contribution >= 0.6 is 0 Å². The van der Waals surface area contributed by atoms with Crippen LogP contribution < -0.4 is 5.32 Å². The Labute approximate surface area is 127 Å². The number of rotatable bonds is 11. The van der Waals surface area contributed by atoms with Gasteiger partial charge in [0.25, 0.3) is 0 Å². The Morgan fingerprint density at radius 1 is 1.43 bits per heavy atom. The Morgan fingerprint density at radius 3 is 2.86 bits per heavy atom. The van der Waals surface area contributed by atoms with Crippen LogP contribution in [0.15, 0.2) is 17.3 Å². The minimum absolute atomic E-state index is 0.227. The molecule has 0 aromatic carbocycles. The normalized spacial score (nSPS) is 12.2. The van der Waals surface area contributed by atoms with Crippen LogP contribution in [0, 0.1) is 0 Å². The lowest BCUT2D eigenvalue weighted by Crippen LogP contribution is -2.30. The van der Waals surface area contributed by atoms with Gasteiger partial charge in [-0.05, 0) is 26.4 Å². The molecule has 0 bridgehead atoms. The molecular formula is C13H26N4O3S. The number of nitrogens with one attached hydrogen (secondary N) is 1. The molecule has 0 radical (unpaired) electrons. The molecule has 8 heteroatoms. The monoisotopic (exact) mass is 318 g/mol. The second-order valence-corrected chi connectivity index (χ2v) is 6.71. The van der Waals surface area contributed by atoms with Crippen LogP contribution in [-0.4, -0.2) is 62.4 Å². The Hall–Kier alpha value is -0.960. The first-order valence-corrected chi connectivity index (χ1v) is 8.73. The molecule has 0 spiro atoms. The average Bonchev–Trinajstić information content (AvgIpc) is 2.93. The number of hydrogen-bond acceptors (Lipinski definition) is 5. The predicted octanol–water partition coefficient (Wildman–Crippen LogP) is 0.540. The number of likely N-dealkylation sites (N-methyl/N-ethyl adjacent to an activating group) is 1. The fourth-order valence-electron chi connectivity index (χ4n) is 1.78. The Bertz CT molecular complexity index is 501. The van der Waals surface area contributed by atoms with Crippen molar-refractivity contribution in [2.24, 2.45) is 0 Å². The highest BCUT2D eigenvalue weighted by Gasteiger charge is 2.22. The summed E-state index contributed by atoms with van der Waals surface area (Å²) in [5.41, 5.74) is 0. The Kier molecular flexibility index (Phi) is 7.87. The molecule has 122 valence electrons. The molecule has 0 atom stereocenters. The minimum Gasteiger partial charge on any atom is -0.380 e. The van der Waals surface area contributed by atoms with Gasteiger partial charge in [-0.3, -0.25) is 4.68 Å². The van der Waals surface area contributed by atoms with Gasteiger partial charge in [0, 0.05) is 32.9 Å². The molecule has 0 fully saturated rings. The Morgan fingerprint density at radius 2 is 2.19 bits per heavy atom. The smallest absolute Gasteiger partial charge is 0.246 e. The summed E-state index contributed by atoms with van der Waals surface area (Å²) >= 11 is 0. The van der Waals surface area contributed by atoms with Crippen molar-refractivity contribution in [1.29, 1.82) is 0 Å². The molecule has 0 amide bonds. The molecule has 1 aromatic heterocycles. The van der Waals surface area contributed by atoms with Crippen molar-refractivity contribution in [1.82, 2.24) is 19.4 Å². The van der Waals surface area contributed by atoms with Crippen LogP contribution in [0.4, 0.5) is 0 Å². The molecule has 0 saturated heterocycles. The summed E-state index contributed by atoms with van der Waals surface area (Å²) in [5.74, 6) is 0. The zero-order valence-corrected chi connectivity index (χ0v) is 13.9. The fraction of sp³-hybridized carbons (Fsp3) is 0.769. The second-order valence-electron chi connectivity index (χ2n) is 4.67. The lowest BCUT2D eigenvalue weighted by Gasteiger charge is -2.15.